The van der Waals surface area contributed by atoms with E-state index in [9.17, 15) is 18.0 Å². The zero-order valence-electron chi connectivity index (χ0n) is 10.7. The molecular weight excluding hydrogens is 291 g/mol. The zero-order valence-corrected chi connectivity index (χ0v) is 11.6. The van der Waals surface area contributed by atoms with Gasteiger partial charge in [-0.3, -0.25) is 4.79 Å². The summed E-state index contributed by atoms with van der Waals surface area (Å²) >= 11 is 4.17. The van der Waals surface area contributed by atoms with Gasteiger partial charge in [-0.05, 0) is 12.0 Å². The molecule has 0 saturated carbocycles. The fraction of sp³-hybridized carbons (Fsp3) is 0.462. The summed E-state index contributed by atoms with van der Waals surface area (Å²) in [5.74, 6) is -0.326. The van der Waals surface area contributed by atoms with Crippen LogP contribution in [0.3, 0.4) is 0 Å². The van der Waals surface area contributed by atoms with Crippen molar-refractivity contribution in [3.05, 3.63) is 35.9 Å². The number of amides is 1. The van der Waals surface area contributed by atoms with Gasteiger partial charge in [0, 0.05) is 6.54 Å². The van der Waals surface area contributed by atoms with Crippen LogP contribution in [0.2, 0.25) is 0 Å². The molecule has 1 aromatic rings. The van der Waals surface area contributed by atoms with Gasteiger partial charge in [-0.1, -0.05) is 30.3 Å². The van der Waals surface area contributed by atoms with Crippen LogP contribution in [0.15, 0.2) is 30.3 Å². The maximum absolute atomic E-state index is 11.8. The Hall–Kier alpha value is -1.21. The van der Waals surface area contributed by atoms with Crippen LogP contribution < -0.4 is 5.32 Å². The Balaban J connectivity index is 2.19. The first-order valence-corrected chi connectivity index (χ1v) is 6.54. The van der Waals surface area contributed by atoms with Crippen LogP contribution in [0.5, 0.6) is 0 Å². The lowest BCUT2D eigenvalue weighted by atomic mass is 10.1. The highest BCUT2D eigenvalue weighted by Crippen LogP contribution is 2.14. The number of hydrogen-bond acceptors (Lipinski definition) is 3. The summed E-state index contributed by atoms with van der Waals surface area (Å²) in [5, 5.41) is 1.94. The van der Waals surface area contributed by atoms with Crippen LogP contribution in [-0.4, -0.2) is 37.1 Å². The molecule has 0 spiro atoms. The molecule has 0 aliphatic heterocycles. The van der Waals surface area contributed by atoms with E-state index in [2.05, 4.69) is 22.7 Å². The summed E-state index contributed by atoms with van der Waals surface area (Å²) in [7, 11) is 0. The molecule has 0 bridgehead atoms. The van der Waals surface area contributed by atoms with Crippen LogP contribution in [-0.2, 0) is 16.0 Å². The number of hydrogen-bond donors (Lipinski definition) is 2. The molecule has 0 aliphatic carbocycles. The molecule has 1 N–H and O–H groups in total. The van der Waals surface area contributed by atoms with Crippen molar-refractivity contribution in [3.63, 3.8) is 0 Å². The predicted molar refractivity (Wildman–Crippen MR) is 72.8 cm³/mol. The molecule has 0 radical (unpaired) electrons. The average Bonchev–Trinajstić information content (AvgIpc) is 2.38. The Kier molecular flexibility index (Phi) is 6.87. The largest absolute Gasteiger partial charge is 0.411 e. The topological polar surface area (TPSA) is 38.3 Å². The molecule has 0 fully saturated rings. The predicted octanol–water partition coefficient (Wildman–Crippen LogP) is 2.22. The molecule has 1 unspecified atom stereocenters. The quantitative estimate of drug-likeness (QED) is 0.599. The van der Waals surface area contributed by atoms with Gasteiger partial charge in [-0.15, -0.1) is 0 Å². The van der Waals surface area contributed by atoms with Crippen molar-refractivity contribution in [1.82, 2.24) is 5.32 Å². The summed E-state index contributed by atoms with van der Waals surface area (Å²) in [6.45, 7) is -1.46. The minimum absolute atomic E-state index is 0.0285. The molecule has 0 aliphatic rings. The number of rotatable bonds is 7. The lowest BCUT2D eigenvalue weighted by molar-refractivity contribution is -0.173. The van der Waals surface area contributed by atoms with Crippen molar-refractivity contribution in [3.8, 4) is 0 Å². The highest BCUT2D eigenvalue weighted by molar-refractivity contribution is 7.81. The van der Waals surface area contributed by atoms with E-state index >= 15 is 0 Å². The number of ether oxygens (including phenoxy) is 1. The van der Waals surface area contributed by atoms with Gasteiger partial charge in [0.2, 0.25) is 5.91 Å². The fourth-order valence-electron chi connectivity index (χ4n) is 1.48. The fourth-order valence-corrected chi connectivity index (χ4v) is 1.78. The van der Waals surface area contributed by atoms with Crippen LogP contribution in [0.25, 0.3) is 0 Å². The first-order chi connectivity index (χ1) is 9.38. The minimum Gasteiger partial charge on any atom is -0.370 e. The van der Waals surface area contributed by atoms with E-state index in [4.69, 9.17) is 0 Å². The smallest absolute Gasteiger partial charge is 0.370 e. The van der Waals surface area contributed by atoms with E-state index in [-0.39, 0.29) is 19.1 Å². The lowest BCUT2D eigenvalue weighted by Crippen LogP contribution is -2.35. The van der Waals surface area contributed by atoms with E-state index in [1.165, 1.54) is 0 Å². The Morgan fingerprint density at radius 2 is 1.95 bits per heavy atom. The standard InChI is InChI=1S/C13H16F3NO2S/c14-13(15,16)9-19-7-6-17-12(18)11(20)8-10-4-2-1-3-5-10/h1-5,11,20H,6-9H2,(H,17,18). The van der Waals surface area contributed by atoms with Gasteiger partial charge in [0.25, 0.3) is 0 Å². The molecule has 0 heterocycles. The summed E-state index contributed by atoms with van der Waals surface area (Å²) < 4.78 is 39.7. The molecule has 1 amide bonds. The van der Waals surface area contributed by atoms with Crippen LogP contribution in [0, 0.1) is 0 Å². The molecule has 112 valence electrons. The number of nitrogens with one attached hydrogen (secondary N) is 1. The number of thiol groups is 1. The molecular formula is C13H16F3NO2S. The Bertz CT molecular complexity index is 412. The second kappa shape index (κ2) is 8.16. The maximum Gasteiger partial charge on any atom is 0.411 e. The molecule has 0 aromatic heterocycles. The molecule has 0 saturated heterocycles. The lowest BCUT2D eigenvalue weighted by Gasteiger charge is -2.12. The van der Waals surface area contributed by atoms with Crippen molar-refractivity contribution < 1.29 is 22.7 Å². The maximum atomic E-state index is 11.8. The second-order valence-corrected chi connectivity index (χ2v) is 4.79. The number of alkyl halides is 3. The summed E-state index contributed by atoms with van der Waals surface area (Å²) in [4.78, 5) is 11.6. The zero-order chi connectivity index (χ0) is 15.0. The van der Waals surface area contributed by atoms with Crippen molar-refractivity contribution in [1.29, 1.82) is 0 Å². The Morgan fingerprint density at radius 1 is 1.30 bits per heavy atom. The SMILES string of the molecule is O=C(NCCOCC(F)(F)F)C(S)Cc1ccccc1. The number of carbonyl (C=O) groups is 1. The van der Waals surface area contributed by atoms with Crippen molar-refractivity contribution in [2.75, 3.05) is 19.8 Å². The third-order valence-corrected chi connectivity index (χ3v) is 2.80. The molecule has 3 nitrogen and oxygen atoms in total. The van der Waals surface area contributed by atoms with Gasteiger partial charge in [0.15, 0.2) is 0 Å². The highest BCUT2D eigenvalue weighted by Gasteiger charge is 2.27. The summed E-state index contributed by atoms with van der Waals surface area (Å²) in [5.41, 5.74) is 0.968. The van der Waals surface area contributed by atoms with E-state index in [0.717, 1.165) is 5.56 Å². The summed E-state index contributed by atoms with van der Waals surface area (Å²) in [6.07, 6.45) is -3.89. The van der Waals surface area contributed by atoms with Gasteiger partial charge in [0.1, 0.15) is 6.61 Å². The number of halogens is 3. The van der Waals surface area contributed by atoms with Gasteiger partial charge in [-0.2, -0.15) is 25.8 Å². The Labute approximate surface area is 120 Å². The third kappa shape index (κ3) is 7.40. The van der Waals surface area contributed by atoms with Gasteiger partial charge in [-0.25, -0.2) is 0 Å². The Morgan fingerprint density at radius 3 is 2.55 bits per heavy atom. The molecule has 7 heteroatoms. The second-order valence-electron chi connectivity index (χ2n) is 4.16. The monoisotopic (exact) mass is 307 g/mol. The minimum atomic E-state index is -4.34. The van der Waals surface area contributed by atoms with Crippen molar-refractivity contribution in [2.24, 2.45) is 0 Å². The van der Waals surface area contributed by atoms with E-state index < -0.39 is 18.0 Å². The van der Waals surface area contributed by atoms with Gasteiger partial charge >= 0.3 is 6.18 Å². The molecule has 1 rings (SSSR count). The molecule has 20 heavy (non-hydrogen) atoms. The highest BCUT2D eigenvalue weighted by atomic mass is 32.1. The molecule has 1 atom stereocenters. The number of benzene rings is 1. The normalized spacial score (nSPS) is 13.0. The third-order valence-electron chi connectivity index (χ3n) is 2.39. The average molecular weight is 307 g/mol. The number of carbonyl (C=O) groups excluding carboxylic acids is 1. The van der Waals surface area contributed by atoms with Crippen LogP contribution in [0.4, 0.5) is 13.2 Å². The van der Waals surface area contributed by atoms with Crippen molar-refractivity contribution in [2.45, 2.75) is 17.8 Å². The van der Waals surface area contributed by atoms with E-state index in [1.807, 2.05) is 30.3 Å². The van der Waals surface area contributed by atoms with E-state index in [1.54, 1.807) is 0 Å². The first-order valence-electron chi connectivity index (χ1n) is 6.02. The van der Waals surface area contributed by atoms with Crippen molar-refractivity contribution >= 4 is 18.5 Å². The van der Waals surface area contributed by atoms with Crippen LogP contribution >= 0.6 is 12.6 Å². The summed E-state index contributed by atoms with van der Waals surface area (Å²) in [6, 6.07) is 9.35. The van der Waals surface area contributed by atoms with Gasteiger partial charge < -0.3 is 10.1 Å². The van der Waals surface area contributed by atoms with Crippen LogP contribution in [0.1, 0.15) is 5.56 Å². The first kappa shape index (κ1) is 16.8. The van der Waals surface area contributed by atoms with E-state index in [0.29, 0.717) is 6.42 Å². The van der Waals surface area contributed by atoms with Gasteiger partial charge in [0.05, 0.1) is 11.9 Å². The molecule has 1 aromatic carbocycles.